The van der Waals surface area contributed by atoms with Gasteiger partial charge >= 0.3 is 0 Å². The zero-order valence-electron chi connectivity index (χ0n) is 10.4. The summed E-state index contributed by atoms with van der Waals surface area (Å²) >= 11 is 3.26. The van der Waals surface area contributed by atoms with Crippen molar-refractivity contribution < 1.29 is 0 Å². The van der Waals surface area contributed by atoms with Crippen LogP contribution in [0.25, 0.3) is 0 Å². The molecule has 0 aromatic carbocycles. The van der Waals surface area contributed by atoms with Gasteiger partial charge in [0.05, 0.1) is 11.9 Å². The monoisotopic (exact) mass is 301 g/mol. The Bertz CT molecular complexity index is 392. The second kappa shape index (κ2) is 7.48. The molecule has 0 aliphatic rings. The Morgan fingerprint density at radius 3 is 2.94 bits per heavy atom. The predicted octanol–water partition coefficient (Wildman–Crippen LogP) is 3.30. The van der Waals surface area contributed by atoms with Gasteiger partial charge in [0.15, 0.2) is 0 Å². The number of aromatic amines is 1. The van der Waals surface area contributed by atoms with Crippen molar-refractivity contribution >= 4 is 21.6 Å². The smallest absolute Gasteiger partial charge is 0.280 e. The van der Waals surface area contributed by atoms with Crippen LogP contribution in [0.2, 0.25) is 0 Å². The maximum atomic E-state index is 11.3. The second-order valence-corrected chi connectivity index (χ2v) is 5.11. The molecule has 96 valence electrons. The molecule has 0 aliphatic heterocycles. The Morgan fingerprint density at radius 1 is 1.47 bits per heavy atom. The van der Waals surface area contributed by atoms with Crippen LogP contribution in [0.4, 0.5) is 5.69 Å². The topological polar surface area (TPSA) is 57.8 Å². The summed E-state index contributed by atoms with van der Waals surface area (Å²) in [6.45, 7) is 4.33. The molecule has 0 spiro atoms. The highest BCUT2D eigenvalue weighted by Crippen LogP contribution is 2.18. The summed E-state index contributed by atoms with van der Waals surface area (Å²) < 4.78 is 0.521. The lowest BCUT2D eigenvalue weighted by Gasteiger charge is -2.15. The lowest BCUT2D eigenvalue weighted by atomic mass is 10.1. The minimum Gasteiger partial charge on any atom is -0.380 e. The van der Waals surface area contributed by atoms with Crippen LogP contribution in [-0.2, 0) is 0 Å². The molecule has 0 saturated heterocycles. The average Bonchev–Trinajstić information content (AvgIpc) is 2.31. The van der Waals surface area contributed by atoms with Gasteiger partial charge in [-0.25, -0.2) is 5.10 Å². The van der Waals surface area contributed by atoms with Gasteiger partial charge in [0.2, 0.25) is 0 Å². The van der Waals surface area contributed by atoms with E-state index in [1.807, 2.05) is 0 Å². The molecule has 1 aromatic heterocycles. The molecular weight excluding hydrogens is 282 g/mol. The van der Waals surface area contributed by atoms with Crippen LogP contribution in [-0.4, -0.2) is 16.2 Å². The van der Waals surface area contributed by atoms with Crippen LogP contribution in [0.3, 0.4) is 0 Å². The summed E-state index contributed by atoms with van der Waals surface area (Å²) in [6.07, 6.45) is 7.79. The van der Waals surface area contributed by atoms with Gasteiger partial charge in [-0.1, -0.05) is 32.6 Å². The van der Waals surface area contributed by atoms with E-state index in [1.165, 1.54) is 25.7 Å². The Morgan fingerprint density at radius 2 is 2.24 bits per heavy atom. The van der Waals surface area contributed by atoms with E-state index >= 15 is 0 Å². The van der Waals surface area contributed by atoms with Gasteiger partial charge in [-0.05, 0) is 29.3 Å². The largest absolute Gasteiger partial charge is 0.380 e. The summed E-state index contributed by atoms with van der Waals surface area (Å²) in [5, 5.41) is 9.46. The molecule has 0 radical (unpaired) electrons. The quantitative estimate of drug-likeness (QED) is 0.760. The van der Waals surface area contributed by atoms with E-state index < -0.39 is 0 Å². The molecule has 0 amide bonds. The van der Waals surface area contributed by atoms with E-state index in [1.54, 1.807) is 6.20 Å². The number of aromatic nitrogens is 2. The fraction of sp³-hybridized carbons (Fsp3) is 0.667. The van der Waals surface area contributed by atoms with Crippen LogP contribution in [0, 0.1) is 0 Å². The molecule has 1 rings (SSSR count). The summed E-state index contributed by atoms with van der Waals surface area (Å²) in [4.78, 5) is 11.3. The highest BCUT2D eigenvalue weighted by Gasteiger charge is 2.07. The zero-order valence-corrected chi connectivity index (χ0v) is 12.0. The molecule has 0 aliphatic carbocycles. The summed E-state index contributed by atoms with van der Waals surface area (Å²) in [5.74, 6) is 0. The molecule has 0 saturated carbocycles. The predicted molar refractivity (Wildman–Crippen MR) is 74.4 cm³/mol. The lowest BCUT2D eigenvalue weighted by Crippen LogP contribution is -2.19. The maximum absolute atomic E-state index is 11.3. The number of nitrogens with one attached hydrogen (secondary N) is 2. The van der Waals surface area contributed by atoms with Gasteiger partial charge in [-0.15, -0.1) is 0 Å². The average molecular weight is 302 g/mol. The van der Waals surface area contributed by atoms with Crippen molar-refractivity contribution in [3.63, 3.8) is 0 Å². The molecule has 5 heteroatoms. The first-order valence-electron chi connectivity index (χ1n) is 6.14. The number of unbranched alkanes of at least 4 members (excludes halogenated alkanes) is 3. The zero-order chi connectivity index (χ0) is 12.7. The van der Waals surface area contributed by atoms with E-state index in [4.69, 9.17) is 0 Å². The first kappa shape index (κ1) is 14.2. The van der Waals surface area contributed by atoms with E-state index in [0.29, 0.717) is 10.5 Å². The van der Waals surface area contributed by atoms with Gasteiger partial charge in [0.1, 0.15) is 4.47 Å². The van der Waals surface area contributed by atoms with Crippen LogP contribution in [0.15, 0.2) is 15.5 Å². The molecule has 4 nitrogen and oxygen atoms in total. The first-order chi connectivity index (χ1) is 8.15. The van der Waals surface area contributed by atoms with Crippen molar-refractivity contribution in [3.8, 4) is 0 Å². The third kappa shape index (κ3) is 4.89. The Hall–Kier alpha value is -0.840. The normalized spacial score (nSPS) is 12.4. The molecule has 1 aromatic rings. The Labute approximate surface area is 110 Å². The van der Waals surface area contributed by atoms with Crippen LogP contribution >= 0.6 is 15.9 Å². The summed E-state index contributed by atoms with van der Waals surface area (Å²) in [6, 6.07) is 0.353. The van der Waals surface area contributed by atoms with Crippen molar-refractivity contribution in [1.82, 2.24) is 10.2 Å². The second-order valence-electron chi connectivity index (χ2n) is 4.32. The fourth-order valence-corrected chi connectivity index (χ4v) is 2.00. The number of halogens is 1. The lowest BCUT2D eigenvalue weighted by molar-refractivity contribution is 0.593. The van der Waals surface area contributed by atoms with Crippen molar-refractivity contribution in [3.05, 3.63) is 21.0 Å². The van der Waals surface area contributed by atoms with E-state index in [9.17, 15) is 4.79 Å². The van der Waals surface area contributed by atoms with Crippen molar-refractivity contribution in [1.29, 1.82) is 0 Å². The molecule has 0 bridgehead atoms. The fourth-order valence-electron chi connectivity index (χ4n) is 1.70. The Balaban J connectivity index is 2.42. The molecule has 0 fully saturated rings. The highest BCUT2D eigenvalue weighted by atomic mass is 79.9. The molecule has 1 atom stereocenters. The number of nitrogens with zero attached hydrogens (tertiary/aromatic N) is 1. The minimum absolute atomic E-state index is 0.201. The summed E-state index contributed by atoms with van der Waals surface area (Å²) in [7, 11) is 0. The van der Waals surface area contributed by atoms with Gasteiger partial charge in [0.25, 0.3) is 5.56 Å². The van der Waals surface area contributed by atoms with E-state index in [2.05, 4.69) is 45.3 Å². The molecule has 1 heterocycles. The van der Waals surface area contributed by atoms with Crippen LogP contribution in [0.5, 0.6) is 0 Å². The van der Waals surface area contributed by atoms with Crippen molar-refractivity contribution in [2.45, 2.75) is 52.0 Å². The first-order valence-corrected chi connectivity index (χ1v) is 6.94. The van der Waals surface area contributed by atoms with Crippen molar-refractivity contribution in [2.24, 2.45) is 0 Å². The highest BCUT2D eigenvalue weighted by molar-refractivity contribution is 9.10. The van der Waals surface area contributed by atoms with Crippen molar-refractivity contribution in [2.75, 3.05) is 5.32 Å². The minimum atomic E-state index is -0.201. The maximum Gasteiger partial charge on any atom is 0.280 e. The van der Waals surface area contributed by atoms with Gasteiger partial charge in [-0.2, -0.15) is 5.10 Å². The van der Waals surface area contributed by atoms with E-state index in [-0.39, 0.29) is 5.56 Å². The number of H-pyrrole nitrogens is 1. The number of hydrogen-bond donors (Lipinski definition) is 2. The number of anilines is 1. The number of hydrogen-bond acceptors (Lipinski definition) is 3. The van der Waals surface area contributed by atoms with Crippen LogP contribution in [0.1, 0.15) is 46.0 Å². The third-order valence-electron chi connectivity index (χ3n) is 2.69. The number of rotatable bonds is 7. The third-order valence-corrected chi connectivity index (χ3v) is 3.48. The Kier molecular flexibility index (Phi) is 6.26. The molecule has 17 heavy (non-hydrogen) atoms. The van der Waals surface area contributed by atoms with Crippen LogP contribution < -0.4 is 10.9 Å². The molecule has 1 unspecified atom stereocenters. The van der Waals surface area contributed by atoms with E-state index in [0.717, 1.165) is 12.1 Å². The molecule has 2 N–H and O–H groups in total. The molecular formula is C12H20BrN3O. The summed E-state index contributed by atoms with van der Waals surface area (Å²) in [5.41, 5.74) is 0.560. The van der Waals surface area contributed by atoms with Gasteiger partial charge < -0.3 is 5.32 Å². The van der Waals surface area contributed by atoms with Gasteiger partial charge in [-0.3, -0.25) is 4.79 Å². The SMILES string of the molecule is CCCCCCC(C)Nc1cn[nH]c(=O)c1Br. The van der Waals surface area contributed by atoms with Gasteiger partial charge in [0, 0.05) is 6.04 Å². The standard InChI is InChI=1S/C12H20BrN3O/c1-3-4-5-6-7-9(2)15-10-8-14-16-12(17)11(10)13/h8-9H,3-7H2,1-2H3,(H2,15,16,17).